The summed E-state index contributed by atoms with van der Waals surface area (Å²) < 4.78 is 6.81. The predicted molar refractivity (Wildman–Crippen MR) is 137 cm³/mol. The van der Waals surface area contributed by atoms with Gasteiger partial charge in [0, 0.05) is 11.5 Å². The van der Waals surface area contributed by atoms with Gasteiger partial charge in [-0.2, -0.15) is 5.10 Å². The summed E-state index contributed by atoms with van der Waals surface area (Å²) in [5.74, 6) is 0.302. The van der Waals surface area contributed by atoms with E-state index in [1.807, 2.05) is 42.5 Å². The highest BCUT2D eigenvalue weighted by molar-refractivity contribution is 5.89. The fourth-order valence-corrected chi connectivity index (χ4v) is 4.42. The van der Waals surface area contributed by atoms with Crippen molar-refractivity contribution in [3.8, 4) is 5.69 Å². The van der Waals surface area contributed by atoms with Gasteiger partial charge in [-0.25, -0.2) is 9.48 Å². The van der Waals surface area contributed by atoms with Crippen molar-refractivity contribution in [2.75, 3.05) is 11.9 Å². The van der Waals surface area contributed by atoms with Crippen molar-refractivity contribution in [2.24, 2.45) is 0 Å². The van der Waals surface area contributed by atoms with Crippen molar-refractivity contribution in [2.45, 2.75) is 64.8 Å². The lowest BCUT2D eigenvalue weighted by molar-refractivity contribution is -0.142. The number of aromatic nitrogens is 2. The molecule has 0 unspecified atom stereocenters. The van der Waals surface area contributed by atoms with Crippen LogP contribution in [0.3, 0.4) is 0 Å². The number of rotatable bonds is 6. The number of anilines is 1. The maximum atomic E-state index is 13.1. The number of hydrogen-bond donors (Lipinski definition) is 2. The van der Waals surface area contributed by atoms with E-state index in [4.69, 9.17) is 9.84 Å². The smallest absolute Gasteiger partial charge is 0.320 e. The van der Waals surface area contributed by atoms with Crippen LogP contribution in [-0.2, 0) is 27.8 Å². The number of urea groups is 1. The molecule has 7 nitrogen and oxygen atoms in total. The van der Waals surface area contributed by atoms with Crippen LogP contribution in [0.4, 0.5) is 10.6 Å². The van der Waals surface area contributed by atoms with Gasteiger partial charge in [-0.3, -0.25) is 10.1 Å². The minimum atomic E-state index is -0.272. The minimum Gasteiger partial charge on any atom is -0.466 e. The maximum absolute atomic E-state index is 13.1. The van der Waals surface area contributed by atoms with Crippen LogP contribution in [0.15, 0.2) is 54.6 Å². The van der Waals surface area contributed by atoms with Gasteiger partial charge in [-0.05, 0) is 55.0 Å². The SMILES string of the molecule is CCOC(=O)Cc1cccc(-n2nc(C(C)(C)C)cc2NC(=O)N[C@H]2CCCc3ccccc32)c1. The van der Waals surface area contributed by atoms with Gasteiger partial charge in [-0.1, -0.05) is 57.2 Å². The molecule has 1 aliphatic rings. The second kappa shape index (κ2) is 10.3. The first kappa shape index (κ1) is 24.5. The monoisotopic (exact) mass is 474 g/mol. The number of nitrogens with one attached hydrogen (secondary N) is 2. The molecule has 2 amide bonds. The topological polar surface area (TPSA) is 85.2 Å². The molecule has 2 aromatic carbocycles. The summed E-state index contributed by atoms with van der Waals surface area (Å²) in [4.78, 5) is 25.1. The first-order valence-corrected chi connectivity index (χ1v) is 12.3. The first-order chi connectivity index (χ1) is 16.7. The van der Waals surface area contributed by atoms with Gasteiger partial charge in [0.2, 0.25) is 0 Å². The lowest BCUT2D eigenvalue weighted by Gasteiger charge is -2.26. The zero-order valence-corrected chi connectivity index (χ0v) is 20.9. The Hall–Kier alpha value is -3.61. The number of benzene rings is 2. The number of ether oxygens (including phenoxy) is 1. The van der Waals surface area contributed by atoms with Gasteiger partial charge >= 0.3 is 12.0 Å². The van der Waals surface area contributed by atoms with Crippen molar-refractivity contribution in [3.05, 3.63) is 77.0 Å². The van der Waals surface area contributed by atoms with Crippen LogP contribution in [0.1, 0.15) is 69.0 Å². The standard InChI is InChI=1S/C28H34N4O3/c1-5-35-26(33)17-19-10-8-13-21(16-19)32-25(18-24(31-32)28(2,3)4)30-27(34)29-23-15-9-12-20-11-6-7-14-22(20)23/h6-8,10-11,13-14,16,18,23H,5,9,12,15,17H2,1-4H3,(H2,29,30,34)/t23-/m0/s1. The van der Waals surface area contributed by atoms with Crippen molar-refractivity contribution in [1.29, 1.82) is 0 Å². The number of carbonyl (C=O) groups is 2. The lowest BCUT2D eigenvalue weighted by Crippen LogP contribution is -2.34. The number of esters is 1. The lowest BCUT2D eigenvalue weighted by atomic mass is 9.88. The molecule has 7 heteroatoms. The van der Waals surface area contributed by atoms with Crippen LogP contribution in [0.2, 0.25) is 0 Å². The van der Waals surface area contributed by atoms with Crippen molar-refractivity contribution < 1.29 is 14.3 Å². The molecular formula is C28H34N4O3. The number of nitrogens with zero attached hydrogens (tertiary/aromatic N) is 2. The molecule has 3 aromatic rings. The van der Waals surface area contributed by atoms with Gasteiger partial charge < -0.3 is 10.1 Å². The van der Waals surface area contributed by atoms with E-state index in [0.717, 1.165) is 36.2 Å². The number of carbonyl (C=O) groups excluding carboxylic acids is 2. The van der Waals surface area contributed by atoms with Crippen LogP contribution in [0.25, 0.3) is 5.69 Å². The van der Waals surface area contributed by atoms with E-state index in [9.17, 15) is 9.59 Å². The Labute approximate surface area is 206 Å². The molecular weight excluding hydrogens is 440 g/mol. The molecule has 2 N–H and O–H groups in total. The molecule has 184 valence electrons. The average Bonchev–Trinajstić information content (AvgIpc) is 3.24. The minimum absolute atomic E-state index is 0.0219. The molecule has 0 fully saturated rings. The van der Waals surface area contributed by atoms with E-state index >= 15 is 0 Å². The molecule has 1 aromatic heterocycles. The molecule has 0 spiro atoms. The van der Waals surface area contributed by atoms with E-state index in [2.05, 4.69) is 43.5 Å². The second-order valence-corrected chi connectivity index (χ2v) is 9.97. The average molecular weight is 475 g/mol. The number of aryl methyl sites for hydroxylation is 1. The molecule has 35 heavy (non-hydrogen) atoms. The van der Waals surface area contributed by atoms with Gasteiger partial charge in [-0.15, -0.1) is 0 Å². The quantitative estimate of drug-likeness (QED) is 0.464. The van der Waals surface area contributed by atoms with E-state index in [1.54, 1.807) is 11.6 Å². The van der Waals surface area contributed by atoms with Crippen molar-refractivity contribution in [3.63, 3.8) is 0 Å². The van der Waals surface area contributed by atoms with Gasteiger partial charge in [0.1, 0.15) is 5.82 Å². The van der Waals surface area contributed by atoms with E-state index in [-0.39, 0.29) is 29.9 Å². The van der Waals surface area contributed by atoms with Crippen molar-refractivity contribution in [1.82, 2.24) is 15.1 Å². The van der Waals surface area contributed by atoms with Crippen LogP contribution < -0.4 is 10.6 Å². The second-order valence-electron chi connectivity index (χ2n) is 9.97. The third kappa shape index (κ3) is 5.91. The molecule has 4 rings (SSSR count). The third-order valence-electron chi connectivity index (χ3n) is 6.20. The molecule has 1 aliphatic carbocycles. The predicted octanol–water partition coefficient (Wildman–Crippen LogP) is 5.47. The molecule has 1 atom stereocenters. The summed E-state index contributed by atoms with van der Waals surface area (Å²) in [6.45, 7) is 8.39. The fourth-order valence-electron chi connectivity index (χ4n) is 4.42. The highest BCUT2D eigenvalue weighted by atomic mass is 16.5. The summed E-state index contributed by atoms with van der Waals surface area (Å²) in [5, 5.41) is 11.0. The zero-order valence-electron chi connectivity index (χ0n) is 20.9. The maximum Gasteiger partial charge on any atom is 0.320 e. The van der Waals surface area contributed by atoms with Crippen molar-refractivity contribution >= 4 is 17.8 Å². The number of fused-ring (bicyclic) bond motifs is 1. The Balaban J connectivity index is 1.58. The molecule has 0 aliphatic heterocycles. The highest BCUT2D eigenvalue weighted by Crippen LogP contribution is 2.30. The van der Waals surface area contributed by atoms with Crippen LogP contribution >= 0.6 is 0 Å². The Morgan fingerprint density at radius 1 is 1.11 bits per heavy atom. The fraction of sp³-hybridized carbons (Fsp3) is 0.393. The van der Waals surface area contributed by atoms with Gasteiger partial charge in [0.05, 0.1) is 30.5 Å². The number of amides is 2. The van der Waals surface area contributed by atoms with E-state index in [1.165, 1.54) is 11.1 Å². The summed E-state index contributed by atoms with van der Waals surface area (Å²) in [6, 6.07) is 17.5. The normalized spacial score (nSPS) is 15.3. The zero-order chi connectivity index (χ0) is 25.0. The molecule has 0 saturated heterocycles. The molecule has 1 heterocycles. The highest BCUT2D eigenvalue weighted by Gasteiger charge is 2.24. The Morgan fingerprint density at radius 3 is 2.69 bits per heavy atom. The summed E-state index contributed by atoms with van der Waals surface area (Å²) >= 11 is 0. The van der Waals surface area contributed by atoms with Crippen LogP contribution in [0, 0.1) is 0 Å². The number of hydrogen-bond acceptors (Lipinski definition) is 4. The van der Waals surface area contributed by atoms with E-state index in [0.29, 0.717) is 12.4 Å². The third-order valence-corrected chi connectivity index (χ3v) is 6.20. The summed E-state index contributed by atoms with van der Waals surface area (Å²) in [6.07, 6.45) is 3.17. The molecule has 0 bridgehead atoms. The van der Waals surface area contributed by atoms with Crippen LogP contribution in [0.5, 0.6) is 0 Å². The van der Waals surface area contributed by atoms with Crippen LogP contribution in [-0.4, -0.2) is 28.4 Å². The Morgan fingerprint density at radius 2 is 1.91 bits per heavy atom. The first-order valence-electron chi connectivity index (χ1n) is 12.3. The van der Waals surface area contributed by atoms with Gasteiger partial charge in [0.15, 0.2) is 0 Å². The Bertz CT molecular complexity index is 1210. The van der Waals surface area contributed by atoms with E-state index < -0.39 is 0 Å². The summed E-state index contributed by atoms with van der Waals surface area (Å²) in [7, 11) is 0. The molecule has 0 saturated carbocycles. The molecule has 0 radical (unpaired) electrons. The van der Waals surface area contributed by atoms with Gasteiger partial charge in [0.25, 0.3) is 0 Å². The Kier molecular flexibility index (Phi) is 7.24. The largest absolute Gasteiger partial charge is 0.466 e. The summed E-state index contributed by atoms with van der Waals surface area (Å²) in [5.41, 5.74) is 4.71.